The van der Waals surface area contributed by atoms with Gasteiger partial charge in [0, 0.05) is 12.1 Å². The Bertz CT molecular complexity index is 547. The highest BCUT2D eigenvalue weighted by molar-refractivity contribution is 5.95. The number of amides is 1. The number of hydrogen-bond donors (Lipinski definition) is 1. The molecule has 1 rings (SSSR count). The van der Waals surface area contributed by atoms with Gasteiger partial charge in [-0.2, -0.15) is 0 Å². The number of unbranched alkanes of at least 4 members (excludes halogenated alkanes) is 8. The lowest BCUT2D eigenvalue weighted by Crippen LogP contribution is -2.24. The Hall–Kier alpha value is -1.91. The fraction of sp³-hybridized carbons (Fsp3) is 0.708. The van der Waals surface area contributed by atoms with Crippen LogP contribution in [0.3, 0.4) is 0 Å². The molecule has 0 heterocycles. The van der Waals surface area contributed by atoms with Crippen molar-refractivity contribution >= 4 is 5.91 Å². The van der Waals surface area contributed by atoms with Crippen molar-refractivity contribution in [2.24, 2.45) is 0 Å². The van der Waals surface area contributed by atoms with Gasteiger partial charge in [0.1, 0.15) is 0 Å². The van der Waals surface area contributed by atoms with Crippen LogP contribution in [0, 0.1) is 0 Å². The summed E-state index contributed by atoms with van der Waals surface area (Å²) in [6, 6.07) is 3.48. The van der Waals surface area contributed by atoms with Gasteiger partial charge in [-0.3, -0.25) is 4.79 Å². The van der Waals surface area contributed by atoms with Crippen molar-refractivity contribution in [1.29, 1.82) is 0 Å². The van der Waals surface area contributed by atoms with Crippen molar-refractivity contribution in [1.82, 2.24) is 5.32 Å². The zero-order valence-corrected chi connectivity index (χ0v) is 19.0. The summed E-state index contributed by atoms with van der Waals surface area (Å²) in [6.07, 6.45) is 11.4. The molecule has 0 radical (unpaired) electrons. The van der Waals surface area contributed by atoms with Crippen molar-refractivity contribution in [2.45, 2.75) is 85.5 Å². The lowest BCUT2D eigenvalue weighted by atomic mass is 10.1. The predicted octanol–water partition coefficient (Wildman–Crippen LogP) is 6.14. The van der Waals surface area contributed by atoms with Gasteiger partial charge in [-0.05, 0) is 39.3 Å². The predicted molar refractivity (Wildman–Crippen MR) is 120 cm³/mol. The van der Waals surface area contributed by atoms with E-state index in [1.165, 1.54) is 44.9 Å². The molecule has 5 heteroatoms. The van der Waals surface area contributed by atoms with Crippen LogP contribution in [0.2, 0.25) is 0 Å². The second-order valence-corrected chi connectivity index (χ2v) is 7.19. The highest BCUT2D eigenvalue weighted by atomic mass is 16.5. The first-order valence-electron chi connectivity index (χ1n) is 11.5. The van der Waals surface area contributed by atoms with Crippen LogP contribution in [0.4, 0.5) is 0 Å². The molecule has 0 fully saturated rings. The zero-order valence-electron chi connectivity index (χ0n) is 19.0. The summed E-state index contributed by atoms with van der Waals surface area (Å²) in [5.74, 6) is 1.56. The van der Waals surface area contributed by atoms with Crippen LogP contribution in [0.25, 0.3) is 0 Å². The Morgan fingerprint density at radius 1 is 0.724 bits per heavy atom. The molecule has 166 valence electrons. The molecule has 1 N–H and O–H groups in total. The minimum Gasteiger partial charge on any atom is -0.490 e. The molecule has 1 amide bonds. The van der Waals surface area contributed by atoms with Crippen LogP contribution >= 0.6 is 0 Å². The molecule has 1 aromatic rings. The Kier molecular flexibility index (Phi) is 13.8. The molecule has 0 saturated carbocycles. The smallest absolute Gasteiger partial charge is 0.251 e. The van der Waals surface area contributed by atoms with Gasteiger partial charge in [-0.25, -0.2) is 0 Å². The second-order valence-electron chi connectivity index (χ2n) is 7.19. The summed E-state index contributed by atoms with van der Waals surface area (Å²) in [7, 11) is 0. The molecular weight excluding hydrogens is 366 g/mol. The van der Waals surface area contributed by atoms with Gasteiger partial charge in [-0.1, -0.05) is 58.3 Å². The Labute approximate surface area is 177 Å². The van der Waals surface area contributed by atoms with Gasteiger partial charge in [0.15, 0.2) is 11.5 Å². The quantitative estimate of drug-likeness (QED) is 0.315. The number of carbonyl (C=O) groups excluding carboxylic acids is 1. The first-order valence-corrected chi connectivity index (χ1v) is 11.5. The molecular formula is C24H41NO4. The van der Waals surface area contributed by atoms with E-state index in [2.05, 4.69) is 12.2 Å². The molecule has 0 spiro atoms. The minimum absolute atomic E-state index is 0.102. The molecule has 5 nitrogen and oxygen atoms in total. The molecule has 0 atom stereocenters. The molecule has 0 aromatic heterocycles. The lowest BCUT2D eigenvalue weighted by molar-refractivity contribution is 0.0951. The molecule has 0 bridgehead atoms. The molecule has 29 heavy (non-hydrogen) atoms. The average molecular weight is 408 g/mol. The maximum Gasteiger partial charge on any atom is 0.251 e. The fourth-order valence-corrected chi connectivity index (χ4v) is 3.26. The zero-order chi connectivity index (χ0) is 21.3. The van der Waals surface area contributed by atoms with Crippen LogP contribution in [0.15, 0.2) is 12.1 Å². The van der Waals surface area contributed by atoms with Crippen LogP contribution in [0.5, 0.6) is 17.2 Å². The summed E-state index contributed by atoms with van der Waals surface area (Å²) in [5, 5.41) is 3.02. The summed E-state index contributed by atoms with van der Waals surface area (Å²) in [6.45, 7) is 10.2. The first kappa shape index (κ1) is 25.1. The number of ether oxygens (including phenoxy) is 3. The van der Waals surface area contributed by atoms with Crippen LogP contribution < -0.4 is 19.5 Å². The van der Waals surface area contributed by atoms with Crippen molar-refractivity contribution in [3.05, 3.63) is 17.7 Å². The Balaban J connectivity index is 2.50. The second kappa shape index (κ2) is 15.9. The molecule has 0 aliphatic carbocycles. The van der Waals surface area contributed by atoms with Crippen molar-refractivity contribution in [3.63, 3.8) is 0 Å². The van der Waals surface area contributed by atoms with Gasteiger partial charge in [-0.15, -0.1) is 0 Å². The molecule has 0 unspecified atom stereocenters. The monoisotopic (exact) mass is 407 g/mol. The number of carbonyl (C=O) groups is 1. The third-order valence-electron chi connectivity index (χ3n) is 4.74. The molecule has 0 aliphatic heterocycles. The van der Waals surface area contributed by atoms with Crippen LogP contribution in [0.1, 0.15) is 95.8 Å². The third kappa shape index (κ3) is 9.91. The molecule has 1 aromatic carbocycles. The summed E-state index contributed by atoms with van der Waals surface area (Å²) in [5.41, 5.74) is 0.538. The highest BCUT2D eigenvalue weighted by Gasteiger charge is 2.18. The van der Waals surface area contributed by atoms with E-state index in [4.69, 9.17) is 14.2 Å². The number of benzene rings is 1. The lowest BCUT2D eigenvalue weighted by Gasteiger charge is -2.17. The maximum atomic E-state index is 12.6. The maximum absolute atomic E-state index is 12.6. The van der Waals surface area contributed by atoms with Gasteiger partial charge in [0.2, 0.25) is 5.75 Å². The molecule has 0 saturated heterocycles. The number of nitrogens with one attached hydrogen (secondary N) is 1. The van der Waals surface area contributed by atoms with Crippen molar-refractivity contribution in [3.8, 4) is 17.2 Å². The van der Waals surface area contributed by atoms with Gasteiger partial charge < -0.3 is 19.5 Å². The van der Waals surface area contributed by atoms with Crippen LogP contribution in [-0.4, -0.2) is 32.3 Å². The van der Waals surface area contributed by atoms with Crippen molar-refractivity contribution < 1.29 is 19.0 Å². The minimum atomic E-state index is -0.102. The summed E-state index contributed by atoms with van der Waals surface area (Å²) in [4.78, 5) is 12.6. The largest absolute Gasteiger partial charge is 0.490 e. The average Bonchev–Trinajstić information content (AvgIpc) is 2.71. The van der Waals surface area contributed by atoms with E-state index >= 15 is 0 Å². The Morgan fingerprint density at radius 2 is 1.21 bits per heavy atom. The van der Waals surface area contributed by atoms with E-state index < -0.39 is 0 Å². The van der Waals surface area contributed by atoms with Crippen molar-refractivity contribution in [2.75, 3.05) is 26.4 Å². The van der Waals surface area contributed by atoms with E-state index in [9.17, 15) is 4.79 Å². The van der Waals surface area contributed by atoms with E-state index in [1.54, 1.807) is 12.1 Å². The Morgan fingerprint density at radius 3 is 1.69 bits per heavy atom. The third-order valence-corrected chi connectivity index (χ3v) is 4.74. The SMILES string of the molecule is CCCCCCCCCCCNC(=O)c1cc(OCC)c(OCC)c(OCC)c1. The van der Waals surface area contributed by atoms with E-state index in [1.807, 2.05) is 20.8 Å². The first-order chi connectivity index (χ1) is 14.2. The van der Waals surface area contributed by atoms with E-state index in [-0.39, 0.29) is 5.91 Å². The fourth-order valence-electron chi connectivity index (χ4n) is 3.26. The topological polar surface area (TPSA) is 56.8 Å². The van der Waals surface area contributed by atoms with Gasteiger partial charge in [0.05, 0.1) is 19.8 Å². The highest BCUT2D eigenvalue weighted by Crippen LogP contribution is 2.39. The van der Waals surface area contributed by atoms with Gasteiger partial charge in [0.25, 0.3) is 5.91 Å². The number of hydrogen-bond acceptors (Lipinski definition) is 4. The standard InChI is InChI=1S/C24H41NO4/c1-5-9-10-11-12-13-14-15-16-17-25-24(26)20-18-21(27-6-2)23(29-8-4)22(19-20)28-7-3/h18-19H,5-17H2,1-4H3,(H,25,26). The van der Waals surface area contributed by atoms with E-state index in [0.717, 1.165) is 12.8 Å². The van der Waals surface area contributed by atoms with E-state index in [0.29, 0.717) is 49.2 Å². The number of rotatable bonds is 17. The van der Waals surface area contributed by atoms with Gasteiger partial charge >= 0.3 is 0 Å². The van der Waals surface area contributed by atoms with Crippen LogP contribution in [-0.2, 0) is 0 Å². The summed E-state index contributed by atoms with van der Waals surface area (Å²) >= 11 is 0. The summed E-state index contributed by atoms with van der Waals surface area (Å²) < 4.78 is 17.1. The molecule has 0 aliphatic rings. The normalized spacial score (nSPS) is 10.6.